The standard InChI is InChI=1S/C14H20ClN3O/c1-3-11-8-19-7-6-18(11)14-9(2)12(15)16-13(17-14)10-4-5-10/h10-11H,3-8H2,1-2H3. The summed E-state index contributed by atoms with van der Waals surface area (Å²) in [6.45, 7) is 6.62. The van der Waals surface area contributed by atoms with E-state index in [0.717, 1.165) is 43.4 Å². The highest BCUT2D eigenvalue weighted by Crippen LogP contribution is 2.40. The minimum atomic E-state index is 0.394. The van der Waals surface area contributed by atoms with E-state index in [0.29, 0.717) is 17.1 Å². The molecule has 1 saturated heterocycles. The first-order valence-corrected chi connectivity index (χ1v) is 7.47. The van der Waals surface area contributed by atoms with Gasteiger partial charge in [0, 0.05) is 18.0 Å². The van der Waals surface area contributed by atoms with Gasteiger partial charge in [0.2, 0.25) is 0 Å². The molecule has 2 fully saturated rings. The second-order valence-corrected chi connectivity index (χ2v) is 5.78. The molecule has 1 aromatic rings. The second-order valence-electron chi connectivity index (χ2n) is 5.43. The lowest BCUT2D eigenvalue weighted by atomic mass is 10.1. The summed E-state index contributed by atoms with van der Waals surface area (Å²) in [6, 6.07) is 0.394. The van der Waals surface area contributed by atoms with Crippen LogP contribution in [0.25, 0.3) is 0 Å². The predicted octanol–water partition coefficient (Wildman–Crippen LogP) is 2.93. The largest absolute Gasteiger partial charge is 0.377 e. The number of halogens is 1. The van der Waals surface area contributed by atoms with Crippen LogP contribution in [0.1, 0.15) is 43.5 Å². The second kappa shape index (κ2) is 5.25. The van der Waals surface area contributed by atoms with E-state index < -0.39 is 0 Å². The number of hydrogen-bond acceptors (Lipinski definition) is 4. The van der Waals surface area contributed by atoms with E-state index in [1.54, 1.807) is 0 Å². The van der Waals surface area contributed by atoms with Crippen LogP contribution in [0.15, 0.2) is 0 Å². The number of hydrogen-bond donors (Lipinski definition) is 0. The van der Waals surface area contributed by atoms with Gasteiger partial charge in [0.25, 0.3) is 0 Å². The van der Waals surface area contributed by atoms with Gasteiger partial charge in [-0.3, -0.25) is 0 Å². The van der Waals surface area contributed by atoms with Gasteiger partial charge in [-0.1, -0.05) is 18.5 Å². The molecule has 1 unspecified atom stereocenters. The Morgan fingerprint density at radius 3 is 2.84 bits per heavy atom. The minimum Gasteiger partial charge on any atom is -0.377 e. The molecule has 0 spiro atoms. The van der Waals surface area contributed by atoms with Gasteiger partial charge in [-0.05, 0) is 26.2 Å². The monoisotopic (exact) mass is 281 g/mol. The van der Waals surface area contributed by atoms with Gasteiger partial charge in [0.15, 0.2) is 0 Å². The van der Waals surface area contributed by atoms with E-state index >= 15 is 0 Å². The molecule has 0 amide bonds. The summed E-state index contributed by atoms with van der Waals surface area (Å²) >= 11 is 6.29. The fourth-order valence-electron chi connectivity index (χ4n) is 2.57. The van der Waals surface area contributed by atoms with Crippen LogP contribution in [-0.2, 0) is 4.74 Å². The Hall–Kier alpha value is -0.870. The summed E-state index contributed by atoms with van der Waals surface area (Å²) in [5.74, 6) is 2.46. The van der Waals surface area contributed by atoms with Crippen LogP contribution in [0.4, 0.5) is 5.82 Å². The van der Waals surface area contributed by atoms with Crippen LogP contribution in [0.2, 0.25) is 5.15 Å². The topological polar surface area (TPSA) is 38.2 Å². The average molecular weight is 282 g/mol. The Morgan fingerprint density at radius 1 is 1.37 bits per heavy atom. The highest BCUT2D eigenvalue weighted by molar-refractivity contribution is 6.30. The maximum absolute atomic E-state index is 6.29. The van der Waals surface area contributed by atoms with Gasteiger partial charge >= 0.3 is 0 Å². The summed E-state index contributed by atoms with van der Waals surface area (Å²) in [5, 5.41) is 0.605. The molecule has 0 radical (unpaired) electrons. The first kappa shape index (κ1) is 13.1. The molecule has 104 valence electrons. The molecule has 1 saturated carbocycles. The fourth-order valence-corrected chi connectivity index (χ4v) is 2.74. The Labute approximate surface area is 119 Å². The third kappa shape index (κ3) is 2.56. The van der Waals surface area contributed by atoms with Crippen molar-refractivity contribution in [3.8, 4) is 0 Å². The molecule has 2 heterocycles. The molecule has 0 N–H and O–H groups in total. The zero-order chi connectivity index (χ0) is 13.4. The molecule has 1 atom stereocenters. The van der Waals surface area contributed by atoms with Crippen molar-refractivity contribution in [1.82, 2.24) is 9.97 Å². The number of ether oxygens (including phenoxy) is 1. The number of anilines is 1. The molecule has 0 aromatic carbocycles. The van der Waals surface area contributed by atoms with Crippen molar-refractivity contribution in [2.45, 2.75) is 45.1 Å². The minimum absolute atomic E-state index is 0.394. The highest BCUT2D eigenvalue weighted by Gasteiger charge is 2.30. The van der Waals surface area contributed by atoms with Crippen LogP contribution in [0.3, 0.4) is 0 Å². The molecule has 5 heteroatoms. The molecule has 1 aliphatic carbocycles. The summed E-state index contributed by atoms with van der Waals surface area (Å²) in [6.07, 6.45) is 3.44. The number of aromatic nitrogens is 2. The lowest BCUT2D eigenvalue weighted by Gasteiger charge is -2.37. The van der Waals surface area contributed by atoms with Gasteiger partial charge in [0.1, 0.15) is 16.8 Å². The van der Waals surface area contributed by atoms with Crippen LogP contribution in [0, 0.1) is 6.92 Å². The van der Waals surface area contributed by atoms with Crippen LogP contribution < -0.4 is 4.90 Å². The third-order valence-corrected chi connectivity index (χ3v) is 4.36. The Morgan fingerprint density at radius 2 is 2.16 bits per heavy atom. The quantitative estimate of drug-likeness (QED) is 0.799. The van der Waals surface area contributed by atoms with E-state index in [1.807, 2.05) is 6.92 Å². The van der Waals surface area contributed by atoms with E-state index in [2.05, 4.69) is 16.8 Å². The van der Waals surface area contributed by atoms with Crippen molar-refractivity contribution in [3.63, 3.8) is 0 Å². The van der Waals surface area contributed by atoms with Gasteiger partial charge in [-0.15, -0.1) is 0 Å². The average Bonchev–Trinajstić information content (AvgIpc) is 3.26. The first-order valence-electron chi connectivity index (χ1n) is 7.09. The lowest BCUT2D eigenvalue weighted by molar-refractivity contribution is 0.0924. The van der Waals surface area contributed by atoms with E-state index in [1.165, 1.54) is 12.8 Å². The Bertz CT molecular complexity index is 476. The number of morpholine rings is 1. The molecule has 0 bridgehead atoms. The Kier molecular flexibility index (Phi) is 3.63. The van der Waals surface area contributed by atoms with E-state index in [4.69, 9.17) is 21.3 Å². The van der Waals surface area contributed by atoms with Crippen molar-refractivity contribution >= 4 is 17.4 Å². The lowest BCUT2D eigenvalue weighted by Crippen LogP contribution is -2.46. The van der Waals surface area contributed by atoms with Crippen molar-refractivity contribution in [3.05, 3.63) is 16.5 Å². The van der Waals surface area contributed by atoms with E-state index in [-0.39, 0.29) is 0 Å². The van der Waals surface area contributed by atoms with Crippen molar-refractivity contribution in [1.29, 1.82) is 0 Å². The van der Waals surface area contributed by atoms with Crippen molar-refractivity contribution in [2.75, 3.05) is 24.7 Å². The van der Waals surface area contributed by atoms with Crippen molar-refractivity contribution in [2.24, 2.45) is 0 Å². The van der Waals surface area contributed by atoms with Gasteiger partial charge in [0.05, 0.1) is 19.3 Å². The molecule has 1 aliphatic heterocycles. The molecule has 1 aromatic heterocycles. The van der Waals surface area contributed by atoms with Gasteiger partial charge < -0.3 is 9.64 Å². The predicted molar refractivity (Wildman–Crippen MR) is 76.0 cm³/mol. The first-order chi connectivity index (χ1) is 9.20. The normalized spacial score (nSPS) is 23.7. The zero-order valence-corrected chi connectivity index (χ0v) is 12.3. The Balaban J connectivity index is 1.97. The summed E-state index contributed by atoms with van der Waals surface area (Å²) < 4.78 is 5.57. The van der Waals surface area contributed by atoms with Crippen LogP contribution in [0.5, 0.6) is 0 Å². The maximum atomic E-state index is 6.29. The summed E-state index contributed by atoms with van der Waals surface area (Å²) in [4.78, 5) is 11.6. The molecule has 19 heavy (non-hydrogen) atoms. The molecule has 2 aliphatic rings. The maximum Gasteiger partial charge on any atom is 0.137 e. The van der Waals surface area contributed by atoms with Crippen LogP contribution in [-0.4, -0.2) is 35.8 Å². The van der Waals surface area contributed by atoms with Gasteiger partial charge in [-0.2, -0.15) is 0 Å². The molecule has 4 nitrogen and oxygen atoms in total. The molecule has 3 rings (SSSR count). The molecular formula is C14H20ClN3O. The van der Waals surface area contributed by atoms with E-state index in [9.17, 15) is 0 Å². The SMILES string of the molecule is CCC1COCCN1c1nc(C2CC2)nc(Cl)c1C. The van der Waals surface area contributed by atoms with Crippen molar-refractivity contribution < 1.29 is 4.74 Å². The summed E-state index contributed by atoms with van der Waals surface area (Å²) in [7, 11) is 0. The smallest absolute Gasteiger partial charge is 0.137 e. The highest BCUT2D eigenvalue weighted by atomic mass is 35.5. The fraction of sp³-hybridized carbons (Fsp3) is 0.714. The van der Waals surface area contributed by atoms with Crippen LogP contribution >= 0.6 is 11.6 Å². The summed E-state index contributed by atoms with van der Waals surface area (Å²) in [5.41, 5.74) is 0.992. The third-order valence-electron chi connectivity index (χ3n) is 3.99. The molecular weight excluding hydrogens is 262 g/mol. The van der Waals surface area contributed by atoms with Gasteiger partial charge in [-0.25, -0.2) is 9.97 Å². The number of nitrogens with zero attached hydrogens (tertiary/aromatic N) is 3. The zero-order valence-electron chi connectivity index (χ0n) is 11.5. The number of rotatable bonds is 3.